The lowest BCUT2D eigenvalue weighted by atomic mass is 10.4. The van der Waals surface area contributed by atoms with Crippen molar-refractivity contribution in [1.82, 2.24) is 15.1 Å². The highest BCUT2D eigenvalue weighted by molar-refractivity contribution is 7.17. The summed E-state index contributed by atoms with van der Waals surface area (Å²) in [5.41, 5.74) is 0. The summed E-state index contributed by atoms with van der Waals surface area (Å²) in [7, 11) is 1.34. The Kier molecular flexibility index (Phi) is 3.66. The van der Waals surface area contributed by atoms with Gasteiger partial charge in [0.25, 0.3) is 0 Å². The van der Waals surface area contributed by atoms with E-state index in [1.165, 1.54) is 31.0 Å². The minimum absolute atomic E-state index is 0.381. The second kappa shape index (κ2) is 5.39. The molecule has 2 heterocycles. The Morgan fingerprint density at radius 3 is 3.18 bits per heavy atom. The highest BCUT2D eigenvalue weighted by atomic mass is 32.1. The van der Waals surface area contributed by atoms with E-state index in [4.69, 9.17) is 0 Å². The Balaban J connectivity index is 1.83. The fourth-order valence-corrected chi connectivity index (χ4v) is 1.89. The van der Waals surface area contributed by atoms with Crippen molar-refractivity contribution in [3.8, 4) is 0 Å². The third-order valence-corrected chi connectivity index (χ3v) is 2.86. The van der Waals surface area contributed by atoms with Gasteiger partial charge in [-0.3, -0.25) is 0 Å². The Morgan fingerprint density at radius 1 is 1.59 bits per heavy atom. The first-order valence-corrected chi connectivity index (χ1v) is 5.64. The maximum atomic E-state index is 11.2. The number of carbonyl (C=O) groups excluding carboxylic acids is 1. The van der Waals surface area contributed by atoms with Gasteiger partial charge in [0.05, 0.1) is 13.3 Å². The highest BCUT2D eigenvalue weighted by Crippen LogP contribution is 2.18. The van der Waals surface area contributed by atoms with E-state index in [0.717, 1.165) is 0 Å². The topological polar surface area (TPSA) is 90.1 Å². The molecule has 0 aromatic carbocycles. The van der Waals surface area contributed by atoms with Crippen LogP contribution in [0.3, 0.4) is 0 Å². The van der Waals surface area contributed by atoms with Crippen LogP contribution in [0.2, 0.25) is 0 Å². The summed E-state index contributed by atoms with van der Waals surface area (Å²) in [6.07, 6.45) is 3.39. The van der Waals surface area contributed by atoms with Crippen molar-refractivity contribution in [3.05, 3.63) is 23.3 Å². The van der Waals surface area contributed by atoms with Gasteiger partial charge in [-0.25, -0.2) is 9.78 Å². The molecule has 0 atom stereocenters. The molecule has 0 spiro atoms. The zero-order valence-electron chi connectivity index (χ0n) is 9.04. The van der Waals surface area contributed by atoms with Gasteiger partial charge < -0.3 is 14.6 Å². The SMILES string of the molecule is COC(=O)c1cnc(NCCc2ncon2)s1. The molecule has 0 fully saturated rings. The van der Waals surface area contributed by atoms with Crippen molar-refractivity contribution >= 4 is 22.4 Å². The molecule has 0 saturated carbocycles. The van der Waals surface area contributed by atoms with Gasteiger partial charge in [-0.1, -0.05) is 16.5 Å². The summed E-state index contributed by atoms with van der Waals surface area (Å²) in [5.74, 6) is 0.246. The summed E-state index contributed by atoms with van der Waals surface area (Å²) < 4.78 is 9.19. The maximum Gasteiger partial charge on any atom is 0.349 e. The van der Waals surface area contributed by atoms with Crippen LogP contribution in [0.1, 0.15) is 15.5 Å². The molecular formula is C9H10N4O3S. The number of nitrogens with one attached hydrogen (secondary N) is 1. The van der Waals surface area contributed by atoms with Crippen LogP contribution >= 0.6 is 11.3 Å². The molecule has 0 bridgehead atoms. The smallest absolute Gasteiger partial charge is 0.349 e. The van der Waals surface area contributed by atoms with Crippen LogP contribution in [0.5, 0.6) is 0 Å². The van der Waals surface area contributed by atoms with Gasteiger partial charge in [0.2, 0.25) is 6.39 Å². The largest absolute Gasteiger partial charge is 0.465 e. The van der Waals surface area contributed by atoms with E-state index < -0.39 is 0 Å². The highest BCUT2D eigenvalue weighted by Gasteiger charge is 2.10. The van der Waals surface area contributed by atoms with Gasteiger partial charge in [0, 0.05) is 13.0 Å². The number of methoxy groups -OCH3 is 1. The van der Waals surface area contributed by atoms with E-state index in [2.05, 4.69) is 29.7 Å². The number of carbonyl (C=O) groups is 1. The average Bonchev–Trinajstić information content (AvgIpc) is 2.99. The molecule has 2 rings (SSSR count). The minimum Gasteiger partial charge on any atom is -0.465 e. The minimum atomic E-state index is -0.381. The average molecular weight is 254 g/mol. The summed E-state index contributed by atoms with van der Waals surface area (Å²) in [6.45, 7) is 0.619. The maximum absolute atomic E-state index is 11.2. The first-order valence-electron chi connectivity index (χ1n) is 4.83. The Bertz CT molecular complexity index is 482. The molecule has 90 valence electrons. The number of hydrogen-bond acceptors (Lipinski definition) is 8. The first-order chi connectivity index (χ1) is 8.29. The monoisotopic (exact) mass is 254 g/mol. The summed E-state index contributed by atoms with van der Waals surface area (Å²) in [4.78, 5) is 19.6. The Labute approximate surface area is 101 Å². The van der Waals surface area contributed by atoms with Gasteiger partial charge in [-0.2, -0.15) is 4.98 Å². The Hall–Kier alpha value is -1.96. The number of anilines is 1. The van der Waals surface area contributed by atoms with Crippen LogP contribution in [-0.2, 0) is 11.2 Å². The van der Waals surface area contributed by atoms with E-state index in [0.29, 0.717) is 28.8 Å². The number of thiazole rings is 1. The number of aromatic nitrogens is 3. The van der Waals surface area contributed by atoms with E-state index in [1.807, 2.05) is 0 Å². The number of esters is 1. The van der Waals surface area contributed by atoms with Gasteiger partial charge in [-0.05, 0) is 0 Å². The molecule has 0 aliphatic rings. The van der Waals surface area contributed by atoms with Crippen molar-refractivity contribution < 1.29 is 14.1 Å². The molecular weight excluding hydrogens is 244 g/mol. The summed E-state index contributed by atoms with van der Waals surface area (Å²) in [5, 5.41) is 7.40. The molecule has 0 aliphatic carbocycles. The number of nitrogens with zero attached hydrogens (tertiary/aromatic N) is 3. The van der Waals surface area contributed by atoms with Crippen LogP contribution in [0.15, 0.2) is 17.1 Å². The predicted molar refractivity (Wildman–Crippen MR) is 59.9 cm³/mol. The molecule has 17 heavy (non-hydrogen) atoms. The van der Waals surface area contributed by atoms with Crippen LogP contribution in [0.4, 0.5) is 5.13 Å². The molecule has 2 aromatic heterocycles. The van der Waals surface area contributed by atoms with Crippen molar-refractivity contribution in [2.75, 3.05) is 19.0 Å². The lowest BCUT2D eigenvalue weighted by Crippen LogP contribution is -2.05. The molecule has 0 unspecified atom stereocenters. The first kappa shape index (κ1) is 11.5. The molecule has 7 nitrogen and oxygen atoms in total. The van der Waals surface area contributed by atoms with E-state index in [9.17, 15) is 4.79 Å². The second-order valence-electron chi connectivity index (χ2n) is 3.05. The van der Waals surface area contributed by atoms with Crippen molar-refractivity contribution in [3.63, 3.8) is 0 Å². The third kappa shape index (κ3) is 3.00. The number of rotatable bonds is 5. The standard InChI is InChI=1S/C9H10N4O3S/c1-15-8(14)6-4-11-9(17-6)10-3-2-7-12-5-16-13-7/h4-5H,2-3H2,1H3,(H,10,11). The van der Waals surface area contributed by atoms with Crippen LogP contribution in [0, 0.1) is 0 Å². The van der Waals surface area contributed by atoms with Crippen molar-refractivity contribution in [2.24, 2.45) is 0 Å². The van der Waals surface area contributed by atoms with Gasteiger partial charge in [-0.15, -0.1) is 0 Å². The van der Waals surface area contributed by atoms with Crippen LogP contribution < -0.4 is 5.32 Å². The lowest BCUT2D eigenvalue weighted by Gasteiger charge is -1.98. The quantitative estimate of drug-likeness (QED) is 0.795. The molecule has 2 aromatic rings. The molecule has 0 radical (unpaired) electrons. The van der Waals surface area contributed by atoms with Crippen molar-refractivity contribution in [1.29, 1.82) is 0 Å². The number of ether oxygens (including phenoxy) is 1. The molecule has 0 aliphatic heterocycles. The van der Waals surface area contributed by atoms with E-state index in [1.54, 1.807) is 0 Å². The zero-order valence-corrected chi connectivity index (χ0v) is 9.86. The van der Waals surface area contributed by atoms with Gasteiger partial charge >= 0.3 is 5.97 Å². The summed E-state index contributed by atoms with van der Waals surface area (Å²) >= 11 is 1.24. The van der Waals surface area contributed by atoms with Crippen LogP contribution in [-0.4, -0.2) is 34.7 Å². The molecule has 0 saturated heterocycles. The number of hydrogen-bond donors (Lipinski definition) is 1. The molecule has 1 N–H and O–H groups in total. The third-order valence-electron chi connectivity index (χ3n) is 1.92. The Morgan fingerprint density at radius 2 is 2.47 bits per heavy atom. The van der Waals surface area contributed by atoms with Gasteiger partial charge in [0.15, 0.2) is 11.0 Å². The summed E-state index contributed by atoms with van der Waals surface area (Å²) in [6, 6.07) is 0. The molecule has 8 heteroatoms. The fourth-order valence-electron chi connectivity index (χ4n) is 1.13. The lowest BCUT2D eigenvalue weighted by molar-refractivity contribution is 0.0606. The van der Waals surface area contributed by atoms with E-state index in [-0.39, 0.29) is 5.97 Å². The van der Waals surface area contributed by atoms with Crippen molar-refractivity contribution in [2.45, 2.75) is 6.42 Å². The fraction of sp³-hybridized carbons (Fsp3) is 0.333. The normalized spacial score (nSPS) is 10.2. The predicted octanol–water partition coefficient (Wildman–Crippen LogP) is 0.967. The van der Waals surface area contributed by atoms with Crippen LogP contribution in [0.25, 0.3) is 0 Å². The zero-order chi connectivity index (χ0) is 12.1. The van der Waals surface area contributed by atoms with Gasteiger partial charge in [0.1, 0.15) is 4.88 Å². The van der Waals surface area contributed by atoms with E-state index >= 15 is 0 Å². The molecule has 0 amide bonds. The second-order valence-corrected chi connectivity index (χ2v) is 4.08.